The minimum Gasteiger partial charge on any atom is -0.356 e. The van der Waals surface area contributed by atoms with E-state index in [0.29, 0.717) is 15.6 Å². The zero-order valence-electron chi connectivity index (χ0n) is 20.6. The molecule has 2 aliphatic rings. The predicted octanol–water partition coefficient (Wildman–Crippen LogP) is 6.44. The van der Waals surface area contributed by atoms with Gasteiger partial charge in [-0.05, 0) is 75.9 Å². The fourth-order valence-corrected chi connectivity index (χ4v) is 6.59. The Morgan fingerprint density at radius 2 is 1.86 bits per heavy atom. The molecule has 4 rings (SSSR count). The van der Waals surface area contributed by atoms with Crippen molar-refractivity contribution in [1.29, 1.82) is 5.26 Å². The van der Waals surface area contributed by atoms with E-state index in [1.165, 1.54) is 19.2 Å². The number of likely N-dealkylation sites (tertiary alicyclic amines) is 1. The summed E-state index contributed by atoms with van der Waals surface area (Å²) in [6, 6.07) is 4.07. The van der Waals surface area contributed by atoms with Crippen molar-refractivity contribution in [2.75, 3.05) is 37.6 Å². The molecular formula is C26H36F3N5S. The Balaban J connectivity index is 1.37. The molecule has 3 heterocycles. The largest absolute Gasteiger partial charge is 0.393 e. The third-order valence-electron chi connectivity index (χ3n) is 7.55. The van der Waals surface area contributed by atoms with E-state index in [0.717, 1.165) is 99.7 Å². The van der Waals surface area contributed by atoms with Gasteiger partial charge in [-0.2, -0.15) is 18.4 Å². The van der Waals surface area contributed by atoms with Gasteiger partial charge in [-0.1, -0.05) is 13.3 Å². The second kappa shape index (κ2) is 11.9. The van der Waals surface area contributed by atoms with Crippen LogP contribution in [-0.4, -0.2) is 53.8 Å². The fraction of sp³-hybridized carbons (Fsp3) is 0.731. The lowest BCUT2D eigenvalue weighted by molar-refractivity contribution is -0.126. The SMILES string of the molecule is CCCCN(CC1CCN(CC2CCC(C#N)CC2)CC1)c1ncnc2sc(CC(F)(F)F)cc12. The van der Waals surface area contributed by atoms with Crippen LogP contribution in [0.2, 0.25) is 0 Å². The molecule has 0 spiro atoms. The molecule has 35 heavy (non-hydrogen) atoms. The van der Waals surface area contributed by atoms with Crippen LogP contribution in [0.25, 0.3) is 10.2 Å². The first-order chi connectivity index (χ1) is 16.8. The maximum Gasteiger partial charge on any atom is 0.393 e. The number of fused-ring (bicyclic) bond motifs is 1. The molecule has 1 saturated heterocycles. The summed E-state index contributed by atoms with van der Waals surface area (Å²) in [6.45, 7) is 7.24. The molecule has 1 saturated carbocycles. The van der Waals surface area contributed by atoms with Gasteiger partial charge in [0.05, 0.1) is 17.9 Å². The van der Waals surface area contributed by atoms with E-state index in [1.54, 1.807) is 6.07 Å². The number of rotatable bonds is 9. The third kappa shape index (κ3) is 7.29. The van der Waals surface area contributed by atoms with E-state index in [1.807, 2.05) is 0 Å². The standard InChI is InChI=1S/C26H36F3N5S/c1-2-3-10-34(24-23-13-22(14-26(27,28)29)35-25(23)32-18-31-24)17-21-8-11-33(12-9-21)16-20-6-4-19(15-30)5-7-20/h13,18-21H,2-12,14,16-17H2,1H3. The number of halogens is 3. The maximum atomic E-state index is 13.0. The summed E-state index contributed by atoms with van der Waals surface area (Å²) in [5.41, 5.74) is 0. The van der Waals surface area contributed by atoms with Crippen molar-refractivity contribution < 1.29 is 13.2 Å². The molecule has 0 N–H and O–H groups in total. The van der Waals surface area contributed by atoms with E-state index >= 15 is 0 Å². The number of nitriles is 1. The number of hydrogen-bond donors (Lipinski definition) is 0. The zero-order chi connectivity index (χ0) is 24.8. The lowest BCUT2D eigenvalue weighted by atomic mass is 9.82. The summed E-state index contributed by atoms with van der Waals surface area (Å²) in [5, 5.41) is 9.87. The fourth-order valence-electron chi connectivity index (χ4n) is 5.56. The summed E-state index contributed by atoms with van der Waals surface area (Å²) in [4.78, 5) is 14.6. The van der Waals surface area contributed by atoms with E-state index in [-0.39, 0.29) is 5.92 Å². The van der Waals surface area contributed by atoms with Gasteiger partial charge >= 0.3 is 6.18 Å². The second-order valence-electron chi connectivity index (χ2n) is 10.3. The minimum atomic E-state index is -4.22. The van der Waals surface area contributed by atoms with E-state index in [4.69, 9.17) is 5.26 Å². The number of hydrogen-bond acceptors (Lipinski definition) is 6. The smallest absolute Gasteiger partial charge is 0.356 e. The van der Waals surface area contributed by atoms with Crippen LogP contribution in [0.5, 0.6) is 0 Å². The summed E-state index contributed by atoms with van der Waals surface area (Å²) >= 11 is 1.12. The summed E-state index contributed by atoms with van der Waals surface area (Å²) < 4.78 is 38.9. The number of anilines is 1. The van der Waals surface area contributed by atoms with Crippen LogP contribution in [0.4, 0.5) is 19.0 Å². The lowest BCUT2D eigenvalue weighted by Crippen LogP contribution is -2.41. The lowest BCUT2D eigenvalue weighted by Gasteiger charge is -2.37. The van der Waals surface area contributed by atoms with Gasteiger partial charge in [0, 0.05) is 30.4 Å². The van der Waals surface area contributed by atoms with Crippen LogP contribution in [-0.2, 0) is 6.42 Å². The molecule has 0 radical (unpaired) electrons. The molecule has 5 nitrogen and oxygen atoms in total. The van der Waals surface area contributed by atoms with E-state index in [2.05, 4.69) is 32.8 Å². The minimum absolute atomic E-state index is 0.257. The van der Waals surface area contributed by atoms with Crippen LogP contribution in [0.1, 0.15) is 63.2 Å². The average molecular weight is 508 g/mol. The molecule has 0 bridgehead atoms. The quantitative estimate of drug-likeness (QED) is 0.391. The first kappa shape index (κ1) is 26.2. The predicted molar refractivity (Wildman–Crippen MR) is 135 cm³/mol. The van der Waals surface area contributed by atoms with Gasteiger partial charge in [0.1, 0.15) is 17.0 Å². The van der Waals surface area contributed by atoms with Crippen LogP contribution in [0.3, 0.4) is 0 Å². The van der Waals surface area contributed by atoms with Crippen molar-refractivity contribution in [1.82, 2.24) is 14.9 Å². The van der Waals surface area contributed by atoms with E-state index in [9.17, 15) is 13.2 Å². The van der Waals surface area contributed by atoms with Crippen molar-refractivity contribution in [3.05, 3.63) is 17.3 Å². The second-order valence-corrected chi connectivity index (χ2v) is 11.4. The molecule has 2 fully saturated rings. The Morgan fingerprint density at radius 1 is 1.11 bits per heavy atom. The van der Waals surface area contributed by atoms with Crippen molar-refractivity contribution in [3.63, 3.8) is 0 Å². The molecule has 2 aromatic heterocycles. The van der Waals surface area contributed by atoms with Gasteiger partial charge in [0.25, 0.3) is 0 Å². The number of thiophene rings is 1. The highest BCUT2D eigenvalue weighted by Crippen LogP contribution is 2.35. The third-order valence-corrected chi connectivity index (χ3v) is 8.59. The van der Waals surface area contributed by atoms with Gasteiger partial charge in [-0.3, -0.25) is 0 Å². The molecule has 0 atom stereocenters. The topological polar surface area (TPSA) is 56.0 Å². The van der Waals surface area contributed by atoms with Gasteiger partial charge in [-0.15, -0.1) is 11.3 Å². The molecule has 1 aliphatic heterocycles. The number of nitrogens with zero attached hydrogens (tertiary/aromatic N) is 5. The summed E-state index contributed by atoms with van der Waals surface area (Å²) in [5.74, 6) is 2.31. The summed E-state index contributed by atoms with van der Waals surface area (Å²) in [7, 11) is 0. The van der Waals surface area contributed by atoms with Crippen LogP contribution >= 0.6 is 11.3 Å². The highest BCUT2D eigenvalue weighted by Gasteiger charge is 2.30. The Labute approximate surface area is 210 Å². The highest BCUT2D eigenvalue weighted by atomic mass is 32.1. The molecule has 0 amide bonds. The number of alkyl halides is 3. The molecular weight excluding hydrogens is 471 g/mol. The Morgan fingerprint density at radius 3 is 2.51 bits per heavy atom. The number of piperidine rings is 1. The first-order valence-corrected chi connectivity index (χ1v) is 13.8. The Hall–Kier alpha value is -1.92. The van der Waals surface area contributed by atoms with Crippen molar-refractivity contribution in [2.24, 2.45) is 17.8 Å². The van der Waals surface area contributed by atoms with Gasteiger partial charge in [0.15, 0.2) is 0 Å². The number of unbranched alkanes of at least 4 members (excludes halogenated alkanes) is 1. The maximum absolute atomic E-state index is 13.0. The number of aromatic nitrogens is 2. The van der Waals surface area contributed by atoms with Crippen LogP contribution in [0.15, 0.2) is 12.4 Å². The molecule has 9 heteroatoms. The van der Waals surface area contributed by atoms with Crippen LogP contribution < -0.4 is 4.90 Å². The molecule has 2 aromatic rings. The molecule has 0 unspecified atom stereocenters. The molecule has 1 aliphatic carbocycles. The summed E-state index contributed by atoms with van der Waals surface area (Å²) in [6.07, 6.45) is 5.13. The van der Waals surface area contributed by atoms with Crippen LogP contribution in [0, 0.1) is 29.1 Å². The zero-order valence-corrected chi connectivity index (χ0v) is 21.4. The van der Waals surface area contributed by atoms with Gasteiger partial charge in [0.2, 0.25) is 0 Å². The van der Waals surface area contributed by atoms with Crippen molar-refractivity contribution >= 4 is 27.4 Å². The molecule has 0 aromatic carbocycles. The van der Waals surface area contributed by atoms with Gasteiger partial charge in [-0.25, -0.2) is 9.97 Å². The Bertz CT molecular complexity index is 985. The van der Waals surface area contributed by atoms with Crippen molar-refractivity contribution in [2.45, 2.75) is 70.9 Å². The normalized spacial score (nSPS) is 22.4. The van der Waals surface area contributed by atoms with E-state index < -0.39 is 12.6 Å². The molecule has 192 valence electrons. The highest BCUT2D eigenvalue weighted by molar-refractivity contribution is 7.18. The van der Waals surface area contributed by atoms with Gasteiger partial charge < -0.3 is 9.80 Å². The average Bonchev–Trinajstić information content (AvgIpc) is 3.24. The Kier molecular flexibility index (Phi) is 8.87. The monoisotopic (exact) mass is 507 g/mol. The van der Waals surface area contributed by atoms with Crippen molar-refractivity contribution in [3.8, 4) is 6.07 Å². The first-order valence-electron chi connectivity index (χ1n) is 13.0.